The van der Waals surface area contributed by atoms with E-state index < -0.39 is 0 Å². The normalized spacial score (nSPS) is 9.28. The van der Waals surface area contributed by atoms with Crippen molar-refractivity contribution in [1.82, 2.24) is 4.98 Å². The van der Waals surface area contributed by atoms with Crippen molar-refractivity contribution >= 4 is 11.5 Å². The highest BCUT2D eigenvalue weighted by molar-refractivity contribution is 5.66. The summed E-state index contributed by atoms with van der Waals surface area (Å²) in [6, 6.07) is 13.1. The molecule has 0 saturated carbocycles. The van der Waals surface area contributed by atoms with E-state index in [0.29, 0.717) is 16.9 Å². The molecule has 0 aliphatic heterocycles. The maximum Gasteiger partial charge on any atom is 0.130 e. The fraction of sp³-hybridized carbons (Fsp3) is 0.0714. The Morgan fingerprint density at radius 2 is 1.94 bits per heavy atom. The summed E-state index contributed by atoms with van der Waals surface area (Å²) in [5.41, 5.74) is 2.74. The number of hydrogen-bond acceptors (Lipinski definition) is 4. The summed E-state index contributed by atoms with van der Waals surface area (Å²) in [7, 11) is 0. The Kier molecular flexibility index (Phi) is 3.22. The van der Waals surface area contributed by atoms with Gasteiger partial charge in [0.15, 0.2) is 0 Å². The zero-order valence-electron chi connectivity index (χ0n) is 9.81. The zero-order valence-corrected chi connectivity index (χ0v) is 9.81. The molecule has 4 nitrogen and oxygen atoms in total. The predicted molar refractivity (Wildman–Crippen MR) is 68.1 cm³/mol. The lowest BCUT2D eigenvalue weighted by Gasteiger charge is -2.08. The van der Waals surface area contributed by atoms with Crippen molar-refractivity contribution in [2.75, 3.05) is 5.32 Å². The molecule has 18 heavy (non-hydrogen) atoms. The van der Waals surface area contributed by atoms with Gasteiger partial charge in [-0.1, -0.05) is 12.1 Å². The van der Waals surface area contributed by atoms with E-state index in [2.05, 4.69) is 16.4 Å². The lowest BCUT2D eigenvalue weighted by atomic mass is 10.1. The van der Waals surface area contributed by atoms with Gasteiger partial charge in [-0.2, -0.15) is 10.5 Å². The molecule has 1 aromatic heterocycles. The first-order chi connectivity index (χ1) is 8.74. The average molecular weight is 234 g/mol. The average Bonchev–Trinajstić information content (AvgIpc) is 2.40. The van der Waals surface area contributed by atoms with Gasteiger partial charge in [0.2, 0.25) is 0 Å². The van der Waals surface area contributed by atoms with E-state index in [1.165, 1.54) is 6.20 Å². The zero-order chi connectivity index (χ0) is 13.0. The van der Waals surface area contributed by atoms with Crippen LogP contribution in [-0.2, 0) is 0 Å². The highest BCUT2D eigenvalue weighted by atomic mass is 15.0. The Morgan fingerprint density at radius 1 is 1.11 bits per heavy atom. The highest BCUT2D eigenvalue weighted by Crippen LogP contribution is 2.21. The van der Waals surface area contributed by atoms with Crippen LogP contribution in [0.1, 0.15) is 16.7 Å². The van der Waals surface area contributed by atoms with Crippen LogP contribution in [0.4, 0.5) is 11.5 Å². The second kappa shape index (κ2) is 4.99. The summed E-state index contributed by atoms with van der Waals surface area (Å²) in [6.07, 6.45) is 1.49. The second-order valence-electron chi connectivity index (χ2n) is 3.78. The van der Waals surface area contributed by atoms with Crippen LogP contribution in [0.25, 0.3) is 0 Å². The molecule has 1 N–H and O–H groups in total. The van der Waals surface area contributed by atoms with Gasteiger partial charge in [0.05, 0.1) is 16.8 Å². The van der Waals surface area contributed by atoms with E-state index in [-0.39, 0.29) is 0 Å². The van der Waals surface area contributed by atoms with E-state index in [1.54, 1.807) is 12.1 Å². The van der Waals surface area contributed by atoms with Crippen molar-refractivity contribution in [3.05, 3.63) is 53.2 Å². The van der Waals surface area contributed by atoms with Crippen molar-refractivity contribution < 1.29 is 0 Å². The molecule has 0 radical (unpaired) electrons. The summed E-state index contributed by atoms with van der Waals surface area (Å²) in [5, 5.41) is 20.9. The molecule has 0 saturated heterocycles. The predicted octanol–water partition coefficient (Wildman–Crippen LogP) is 2.88. The molecule has 4 heteroatoms. The van der Waals surface area contributed by atoms with Gasteiger partial charge < -0.3 is 5.32 Å². The standard InChI is InChI=1S/C14H10N4/c1-10-3-2-4-13(12(10)8-16)18-14-6-5-11(7-15)9-17-14/h2-6,9H,1H3,(H,17,18). The number of rotatable bonds is 2. The van der Waals surface area contributed by atoms with Crippen LogP contribution in [-0.4, -0.2) is 4.98 Å². The molecule has 2 rings (SSSR count). The summed E-state index contributed by atoms with van der Waals surface area (Å²) >= 11 is 0. The van der Waals surface area contributed by atoms with Crippen molar-refractivity contribution in [3.8, 4) is 12.1 Å². The van der Waals surface area contributed by atoms with Gasteiger partial charge in [0.1, 0.15) is 18.0 Å². The molecule has 86 valence electrons. The van der Waals surface area contributed by atoms with Gasteiger partial charge >= 0.3 is 0 Å². The van der Waals surface area contributed by atoms with E-state index in [4.69, 9.17) is 10.5 Å². The molecule has 0 fully saturated rings. The van der Waals surface area contributed by atoms with Crippen molar-refractivity contribution in [2.45, 2.75) is 6.92 Å². The van der Waals surface area contributed by atoms with Gasteiger partial charge in [0.25, 0.3) is 0 Å². The summed E-state index contributed by atoms with van der Waals surface area (Å²) in [6.45, 7) is 1.88. The van der Waals surface area contributed by atoms with Crippen LogP contribution in [0.2, 0.25) is 0 Å². The third-order valence-corrected chi connectivity index (χ3v) is 2.54. The molecule has 0 spiro atoms. The van der Waals surface area contributed by atoms with Crippen molar-refractivity contribution in [2.24, 2.45) is 0 Å². The first-order valence-corrected chi connectivity index (χ1v) is 5.37. The van der Waals surface area contributed by atoms with Gasteiger partial charge in [-0.15, -0.1) is 0 Å². The SMILES string of the molecule is Cc1cccc(Nc2ccc(C#N)cn2)c1C#N. The Balaban J connectivity index is 2.32. The van der Waals surface area contributed by atoms with Gasteiger partial charge in [-0.05, 0) is 30.7 Å². The monoisotopic (exact) mass is 234 g/mol. The van der Waals surface area contributed by atoms with Crippen LogP contribution in [0.3, 0.4) is 0 Å². The van der Waals surface area contributed by atoms with Gasteiger partial charge in [0, 0.05) is 6.20 Å². The van der Waals surface area contributed by atoms with Crippen molar-refractivity contribution in [1.29, 1.82) is 10.5 Å². The molecule has 0 aliphatic carbocycles. The minimum Gasteiger partial charge on any atom is -0.339 e. The molecule has 2 aromatic rings. The van der Waals surface area contributed by atoms with Crippen LogP contribution in [0.15, 0.2) is 36.5 Å². The number of aryl methyl sites for hydroxylation is 1. The minimum atomic E-state index is 0.505. The summed E-state index contributed by atoms with van der Waals surface area (Å²) in [4.78, 5) is 4.11. The number of anilines is 2. The fourth-order valence-electron chi connectivity index (χ4n) is 1.59. The Bertz CT molecular complexity index is 645. The fourth-order valence-corrected chi connectivity index (χ4v) is 1.59. The number of nitriles is 2. The lowest BCUT2D eigenvalue weighted by Crippen LogP contribution is -1.97. The smallest absolute Gasteiger partial charge is 0.130 e. The number of aromatic nitrogens is 1. The van der Waals surface area contributed by atoms with E-state index >= 15 is 0 Å². The molecule has 1 heterocycles. The minimum absolute atomic E-state index is 0.505. The second-order valence-corrected chi connectivity index (χ2v) is 3.78. The van der Waals surface area contributed by atoms with Gasteiger partial charge in [-0.3, -0.25) is 0 Å². The van der Waals surface area contributed by atoms with Gasteiger partial charge in [-0.25, -0.2) is 4.98 Å². The lowest BCUT2D eigenvalue weighted by molar-refractivity contribution is 1.28. The van der Waals surface area contributed by atoms with Crippen LogP contribution in [0.5, 0.6) is 0 Å². The quantitative estimate of drug-likeness (QED) is 0.867. The number of benzene rings is 1. The maximum absolute atomic E-state index is 9.11. The van der Waals surface area contributed by atoms with E-state index in [1.807, 2.05) is 31.2 Å². The summed E-state index contributed by atoms with van der Waals surface area (Å²) in [5.74, 6) is 0.608. The largest absolute Gasteiger partial charge is 0.339 e. The van der Waals surface area contributed by atoms with Crippen LogP contribution < -0.4 is 5.32 Å². The summed E-state index contributed by atoms with van der Waals surface area (Å²) < 4.78 is 0. The van der Waals surface area contributed by atoms with Crippen LogP contribution in [0, 0.1) is 29.6 Å². The topological polar surface area (TPSA) is 72.5 Å². The number of nitrogens with zero attached hydrogens (tertiary/aromatic N) is 3. The first kappa shape index (κ1) is 11.6. The molecular weight excluding hydrogens is 224 g/mol. The Morgan fingerprint density at radius 3 is 2.56 bits per heavy atom. The molecule has 0 unspecified atom stereocenters. The highest BCUT2D eigenvalue weighted by Gasteiger charge is 2.05. The van der Waals surface area contributed by atoms with E-state index in [9.17, 15) is 0 Å². The Hall–Kier alpha value is -2.85. The Labute approximate surface area is 105 Å². The third kappa shape index (κ3) is 2.28. The molecule has 0 aliphatic rings. The molecule has 0 atom stereocenters. The maximum atomic E-state index is 9.11. The number of nitrogens with one attached hydrogen (secondary N) is 1. The van der Waals surface area contributed by atoms with E-state index in [0.717, 1.165) is 11.3 Å². The molecule has 0 bridgehead atoms. The number of pyridine rings is 1. The van der Waals surface area contributed by atoms with Crippen molar-refractivity contribution in [3.63, 3.8) is 0 Å². The molecule has 1 aromatic carbocycles. The molecule has 0 amide bonds. The van der Waals surface area contributed by atoms with Crippen LogP contribution >= 0.6 is 0 Å². The third-order valence-electron chi connectivity index (χ3n) is 2.54. The first-order valence-electron chi connectivity index (χ1n) is 5.37. The molecular formula is C14H10N4. The number of hydrogen-bond donors (Lipinski definition) is 1.